The fourth-order valence-electron chi connectivity index (χ4n) is 0.615. The molecule has 0 atom stereocenters. The number of ether oxygens (including phenoxy) is 2. The molecule has 0 aromatic heterocycles. The molecule has 0 aliphatic carbocycles. The van der Waals surface area contributed by atoms with Crippen LogP contribution in [-0.2, 0) is 19.1 Å². The van der Waals surface area contributed by atoms with Gasteiger partial charge in [-0.25, -0.2) is 4.79 Å². The van der Waals surface area contributed by atoms with Gasteiger partial charge in [-0.15, -0.1) is 11.6 Å². The van der Waals surface area contributed by atoms with Crippen molar-refractivity contribution in [3.8, 4) is 0 Å². The Morgan fingerprint density at radius 2 is 1.87 bits per heavy atom. The molecule has 5 heteroatoms. The highest BCUT2D eigenvalue weighted by molar-refractivity contribution is 6.26. The molecule has 0 bridgehead atoms. The number of hydrogen-bond donors (Lipinski definition) is 0. The summed E-state index contributed by atoms with van der Waals surface area (Å²) in [5, 5.41) is 0. The lowest BCUT2D eigenvalue weighted by Crippen LogP contribution is -2.26. The summed E-state index contributed by atoms with van der Waals surface area (Å²) in [5.41, 5.74) is -0.500. The summed E-state index contributed by atoms with van der Waals surface area (Å²) in [6.45, 7) is 8.47. The summed E-state index contributed by atoms with van der Waals surface area (Å²) in [5.74, 6) is -1.42. The summed E-state index contributed by atoms with van der Waals surface area (Å²) in [6.07, 6.45) is 0. The zero-order chi connectivity index (χ0) is 12.1. The maximum atomic E-state index is 11.3. The van der Waals surface area contributed by atoms with Crippen molar-refractivity contribution in [1.82, 2.24) is 0 Å². The second-order valence-electron chi connectivity index (χ2n) is 3.90. The van der Waals surface area contributed by atoms with Gasteiger partial charge in [0.2, 0.25) is 0 Å². The van der Waals surface area contributed by atoms with Crippen LogP contribution in [0.1, 0.15) is 20.8 Å². The minimum Gasteiger partial charge on any atom is -0.460 e. The summed E-state index contributed by atoms with van der Waals surface area (Å²) in [6, 6.07) is 0. The van der Waals surface area contributed by atoms with Crippen molar-refractivity contribution in [2.45, 2.75) is 26.4 Å². The summed E-state index contributed by atoms with van der Waals surface area (Å²) < 4.78 is 9.62. The number of rotatable bonds is 4. The molecule has 0 radical (unpaired) electrons. The molecule has 0 aromatic rings. The van der Waals surface area contributed by atoms with E-state index in [9.17, 15) is 9.59 Å². The molecule has 0 N–H and O–H groups in total. The highest BCUT2D eigenvalue weighted by Gasteiger charge is 2.19. The second-order valence-corrected chi connectivity index (χ2v) is 4.17. The van der Waals surface area contributed by atoms with Gasteiger partial charge < -0.3 is 9.47 Å². The van der Waals surface area contributed by atoms with Crippen molar-refractivity contribution < 1.29 is 19.1 Å². The molecule has 86 valence electrons. The number of carbonyl (C=O) groups excluding carboxylic acids is 2. The molecule has 0 aliphatic rings. The van der Waals surface area contributed by atoms with Crippen molar-refractivity contribution in [1.29, 1.82) is 0 Å². The number of esters is 2. The van der Waals surface area contributed by atoms with Crippen LogP contribution in [0.4, 0.5) is 0 Å². The lowest BCUT2D eigenvalue weighted by atomic mass is 10.2. The van der Waals surface area contributed by atoms with Crippen LogP contribution in [0.15, 0.2) is 12.2 Å². The lowest BCUT2D eigenvalue weighted by Gasteiger charge is -2.20. The van der Waals surface area contributed by atoms with Gasteiger partial charge >= 0.3 is 11.9 Å². The molecule has 0 saturated heterocycles. The highest BCUT2D eigenvalue weighted by Crippen LogP contribution is 2.10. The van der Waals surface area contributed by atoms with Gasteiger partial charge in [0, 0.05) is 0 Å². The van der Waals surface area contributed by atoms with Gasteiger partial charge in [0.25, 0.3) is 0 Å². The molecule has 15 heavy (non-hydrogen) atoms. The first-order valence-electron chi connectivity index (χ1n) is 4.39. The maximum Gasteiger partial charge on any atom is 0.337 e. The molecule has 0 unspecified atom stereocenters. The Bertz CT molecular complexity index is 265. The van der Waals surface area contributed by atoms with Gasteiger partial charge in [0.15, 0.2) is 0 Å². The molecule has 0 rings (SSSR count). The summed E-state index contributed by atoms with van der Waals surface area (Å²) in [7, 11) is 0. The minimum atomic E-state index is -0.596. The SMILES string of the molecule is C=C(COC(=O)CCl)C(=O)OC(C)(C)C. The molecule has 0 amide bonds. The van der Waals surface area contributed by atoms with Gasteiger partial charge in [-0.2, -0.15) is 0 Å². The van der Waals surface area contributed by atoms with E-state index >= 15 is 0 Å². The van der Waals surface area contributed by atoms with Crippen molar-refractivity contribution in [2.75, 3.05) is 12.5 Å². The first-order valence-corrected chi connectivity index (χ1v) is 4.92. The number of carbonyl (C=O) groups is 2. The van der Waals surface area contributed by atoms with Crippen molar-refractivity contribution >= 4 is 23.5 Å². The van der Waals surface area contributed by atoms with Gasteiger partial charge in [-0.3, -0.25) is 4.79 Å². The van der Waals surface area contributed by atoms with Crippen molar-refractivity contribution in [2.24, 2.45) is 0 Å². The maximum absolute atomic E-state index is 11.3. The summed E-state index contributed by atoms with van der Waals surface area (Å²) >= 11 is 5.20. The zero-order valence-corrected chi connectivity index (χ0v) is 9.89. The van der Waals surface area contributed by atoms with Gasteiger partial charge in [-0.05, 0) is 20.8 Å². The van der Waals surface area contributed by atoms with Crippen LogP contribution in [0.2, 0.25) is 0 Å². The van der Waals surface area contributed by atoms with Gasteiger partial charge in [0.1, 0.15) is 18.1 Å². The van der Waals surface area contributed by atoms with Crippen LogP contribution in [-0.4, -0.2) is 30.0 Å². The largest absolute Gasteiger partial charge is 0.460 e. The molecule has 0 aliphatic heterocycles. The Morgan fingerprint density at radius 3 is 2.27 bits per heavy atom. The lowest BCUT2D eigenvalue weighted by molar-refractivity contribution is -0.151. The standard InChI is InChI=1S/C10H15ClO4/c1-7(6-14-8(12)5-11)9(13)15-10(2,3)4/h1,5-6H2,2-4H3. The van der Waals surface area contributed by atoms with E-state index in [1.165, 1.54) is 0 Å². The predicted octanol–water partition coefficient (Wildman–Crippen LogP) is 1.67. The molecule has 4 nitrogen and oxygen atoms in total. The molecular weight excluding hydrogens is 220 g/mol. The van der Waals surface area contributed by atoms with Crippen LogP contribution >= 0.6 is 11.6 Å². The molecule has 0 saturated carbocycles. The third-order valence-electron chi connectivity index (χ3n) is 1.20. The van der Waals surface area contributed by atoms with Gasteiger partial charge in [0.05, 0.1) is 5.57 Å². The van der Waals surface area contributed by atoms with Crippen LogP contribution < -0.4 is 0 Å². The topological polar surface area (TPSA) is 52.6 Å². The molecular formula is C10H15ClO4. The van der Waals surface area contributed by atoms with Crippen molar-refractivity contribution in [3.05, 3.63) is 12.2 Å². The van der Waals surface area contributed by atoms with Crippen LogP contribution in [0, 0.1) is 0 Å². The quantitative estimate of drug-likeness (QED) is 0.422. The Balaban J connectivity index is 4.01. The van der Waals surface area contributed by atoms with Crippen LogP contribution in [0.25, 0.3) is 0 Å². The van der Waals surface area contributed by atoms with Crippen LogP contribution in [0.3, 0.4) is 0 Å². The van der Waals surface area contributed by atoms with E-state index in [2.05, 4.69) is 11.3 Å². The van der Waals surface area contributed by atoms with E-state index in [0.717, 1.165) is 0 Å². The Labute approximate surface area is 94.2 Å². The fourth-order valence-corrected chi connectivity index (χ4v) is 0.693. The monoisotopic (exact) mass is 234 g/mol. The van der Waals surface area contributed by atoms with E-state index in [-0.39, 0.29) is 18.1 Å². The van der Waals surface area contributed by atoms with E-state index in [0.29, 0.717) is 0 Å². The molecule has 0 heterocycles. The smallest absolute Gasteiger partial charge is 0.337 e. The van der Waals surface area contributed by atoms with E-state index in [1.54, 1.807) is 20.8 Å². The number of alkyl halides is 1. The Hall–Kier alpha value is -1.03. The second kappa shape index (κ2) is 5.75. The molecule has 0 spiro atoms. The van der Waals surface area contributed by atoms with E-state index < -0.39 is 17.5 Å². The van der Waals surface area contributed by atoms with Crippen molar-refractivity contribution in [3.63, 3.8) is 0 Å². The highest BCUT2D eigenvalue weighted by atomic mass is 35.5. The van der Waals surface area contributed by atoms with Crippen LogP contribution in [0.5, 0.6) is 0 Å². The summed E-state index contributed by atoms with van der Waals surface area (Å²) in [4.78, 5) is 22.0. The normalized spacial score (nSPS) is 10.7. The average molecular weight is 235 g/mol. The van der Waals surface area contributed by atoms with E-state index in [1.807, 2.05) is 0 Å². The molecule has 0 aromatic carbocycles. The zero-order valence-electron chi connectivity index (χ0n) is 9.13. The predicted molar refractivity (Wildman–Crippen MR) is 56.7 cm³/mol. The Morgan fingerprint density at radius 1 is 1.33 bits per heavy atom. The Kier molecular flexibility index (Phi) is 5.36. The van der Waals surface area contributed by atoms with E-state index in [4.69, 9.17) is 16.3 Å². The molecule has 0 fully saturated rings. The minimum absolute atomic E-state index is 0.0865. The first-order chi connectivity index (χ1) is 6.76. The average Bonchev–Trinajstić information content (AvgIpc) is 2.10. The fraction of sp³-hybridized carbons (Fsp3) is 0.600. The first kappa shape index (κ1) is 14.0. The third kappa shape index (κ3) is 6.96. The number of hydrogen-bond acceptors (Lipinski definition) is 4. The number of halogens is 1. The third-order valence-corrected chi connectivity index (χ3v) is 1.42. The van der Waals surface area contributed by atoms with Gasteiger partial charge in [-0.1, -0.05) is 6.58 Å².